The molecule has 5 heteroatoms. The summed E-state index contributed by atoms with van der Waals surface area (Å²) in [7, 11) is 0. The summed E-state index contributed by atoms with van der Waals surface area (Å²) >= 11 is 0. The fourth-order valence-corrected chi connectivity index (χ4v) is 1.77. The summed E-state index contributed by atoms with van der Waals surface area (Å²) in [6, 6.07) is -0.00896. The Bertz CT molecular complexity index is 225. The predicted octanol–water partition coefficient (Wildman–Crippen LogP) is 0.800. The van der Waals surface area contributed by atoms with E-state index in [9.17, 15) is 4.79 Å². The van der Waals surface area contributed by atoms with E-state index in [4.69, 9.17) is 9.84 Å². The molecule has 0 radical (unpaired) electrons. The molecule has 1 heterocycles. The molecule has 0 aromatic carbocycles. The van der Waals surface area contributed by atoms with E-state index in [0.717, 1.165) is 6.42 Å². The Morgan fingerprint density at radius 2 is 2.07 bits per heavy atom. The molecule has 3 N–H and O–H groups in total. The first-order chi connectivity index (χ1) is 6.88. The highest BCUT2D eigenvalue weighted by atomic mass is 16.5. The van der Waals surface area contributed by atoms with E-state index in [1.54, 1.807) is 0 Å². The second-order valence-corrected chi connectivity index (χ2v) is 4.92. The lowest BCUT2D eigenvalue weighted by molar-refractivity contribution is 0.0430. The summed E-state index contributed by atoms with van der Waals surface area (Å²) in [5, 5.41) is 14.6. The number of amides is 1. The second-order valence-electron chi connectivity index (χ2n) is 4.92. The van der Waals surface area contributed by atoms with Crippen molar-refractivity contribution in [3.63, 3.8) is 0 Å². The first-order valence-electron chi connectivity index (χ1n) is 5.23. The number of rotatable bonds is 2. The highest BCUT2D eigenvalue weighted by Gasteiger charge is 2.29. The van der Waals surface area contributed by atoms with Crippen LogP contribution in [-0.2, 0) is 4.74 Å². The maximum absolute atomic E-state index is 10.6. The molecule has 0 saturated carbocycles. The van der Waals surface area contributed by atoms with Crippen molar-refractivity contribution in [2.24, 2.45) is 0 Å². The van der Waals surface area contributed by atoms with Crippen molar-refractivity contribution in [2.75, 3.05) is 13.2 Å². The van der Waals surface area contributed by atoms with Gasteiger partial charge in [-0.05, 0) is 27.2 Å². The quantitative estimate of drug-likeness (QED) is 0.638. The monoisotopic (exact) mass is 216 g/mol. The molecular formula is C10H20N2O3. The van der Waals surface area contributed by atoms with Crippen LogP contribution in [-0.4, -0.2) is 42.0 Å². The van der Waals surface area contributed by atoms with Gasteiger partial charge in [0.15, 0.2) is 0 Å². The molecule has 1 amide bonds. The van der Waals surface area contributed by atoms with Gasteiger partial charge in [0.25, 0.3) is 0 Å². The zero-order chi connectivity index (χ0) is 11.5. The molecule has 2 atom stereocenters. The van der Waals surface area contributed by atoms with Gasteiger partial charge in [0.2, 0.25) is 0 Å². The first kappa shape index (κ1) is 12.3. The maximum atomic E-state index is 10.6. The van der Waals surface area contributed by atoms with Crippen LogP contribution in [0.3, 0.4) is 0 Å². The topological polar surface area (TPSA) is 70.6 Å². The van der Waals surface area contributed by atoms with Crippen molar-refractivity contribution in [2.45, 2.75) is 44.8 Å². The van der Waals surface area contributed by atoms with Crippen LogP contribution in [0.5, 0.6) is 0 Å². The average molecular weight is 216 g/mol. The van der Waals surface area contributed by atoms with Crippen LogP contribution >= 0.6 is 0 Å². The van der Waals surface area contributed by atoms with Gasteiger partial charge in [-0.25, -0.2) is 4.79 Å². The summed E-state index contributed by atoms with van der Waals surface area (Å²) in [6.45, 7) is 7.34. The van der Waals surface area contributed by atoms with Gasteiger partial charge >= 0.3 is 6.09 Å². The van der Waals surface area contributed by atoms with Gasteiger partial charge in [-0.1, -0.05) is 0 Å². The van der Waals surface area contributed by atoms with Gasteiger partial charge in [0.1, 0.15) is 0 Å². The SMILES string of the molecule is CC(C)(C)N[C@@H]1CCOC[C@@H]1NC(=O)O. The maximum Gasteiger partial charge on any atom is 0.405 e. The summed E-state index contributed by atoms with van der Waals surface area (Å²) in [6.07, 6.45) is -0.159. The third-order valence-electron chi connectivity index (χ3n) is 2.28. The fraction of sp³-hybridized carbons (Fsp3) is 0.900. The van der Waals surface area contributed by atoms with Crippen molar-refractivity contribution in [3.8, 4) is 0 Å². The van der Waals surface area contributed by atoms with Crippen molar-refractivity contribution in [1.29, 1.82) is 0 Å². The zero-order valence-corrected chi connectivity index (χ0v) is 9.54. The lowest BCUT2D eigenvalue weighted by Crippen LogP contribution is -2.59. The molecule has 15 heavy (non-hydrogen) atoms. The van der Waals surface area contributed by atoms with E-state index in [1.165, 1.54) is 0 Å². The Morgan fingerprint density at radius 3 is 2.60 bits per heavy atom. The van der Waals surface area contributed by atoms with Gasteiger partial charge in [0, 0.05) is 18.2 Å². The number of carbonyl (C=O) groups is 1. The largest absolute Gasteiger partial charge is 0.465 e. The molecule has 1 saturated heterocycles. The summed E-state index contributed by atoms with van der Waals surface area (Å²) in [5.41, 5.74) is -0.0135. The molecule has 1 rings (SSSR count). The van der Waals surface area contributed by atoms with E-state index >= 15 is 0 Å². The normalized spacial score (nSPS) is 27.4. The molecule has 1 aliphatic heterocycles. The lowest BCUT2D eigenvalue weighted by atomic mass is 9.99. The zero-order valence-electron chi connectivity index (χ0n) is 9.54. The fourth-order valence-electron chi connectivity index (χ4n) is 1.77. The number of hydrogen-bond acceptors (Lipinski definition) is 3. The standard InChI is InChI=1S/C10H20N2O3/c1-10(2,3)12-7-4-5-15-6-8(7)11-9(13)14/h7-8,11-12H,4-6H2,1-3H3,(H,13,14)/t7-,8+/m1/s1. The van der Waals surface area contributed by atoms with Crippen molar-refractivity contribution >= 4 is 6.09 Å². The van der Waals surface area contributed by atoms with E-state index in [-0.39, 0.29) is 17.6 Å². The molecule has 0 aromatic rings. The van der Waals surface area contributed by atoms with Crippen LogP contribution in [0.25, 0.3) is 0 Å². The Kier molecular flexibility index (Phi) is 3.93. The highest BCUT2D eigenvalue weighted by molar-refractivity contribution is 5.65. The molecule has 0 unspecified atom stereocenters. The molecule has 1 aliphatic rings. The van der Waals surface area contributed by atoms with Gasteiger partial charge in [0.05, 0.1) is 12.6 Å². The Labute approximate surface area is 90.2 Å². The molecule has 0 bridgehead atoms. The third kappa shape index (κ3) is 4.48. The smallest absolute Gasteiger partial charge is 0.405 e. The minimum atomic E-state index is -0.994. The molecule has 0 spiro atoms. The number of nitrogens with one attached hydrogen (secondary N) is 2. The molecular weight excluding hydrogens is 196 g/mol. The number of ether oxygens (including phenoxy) is 1. The van der Waals surface area contributed by atoms with Crippen LogP contribution < -0.4 is 10.6 Å². The third-order valence-corrected chi connectivity index (χ3v) is 2.28. The first-order valence-corrected chi connectivity index (χ1v) is 5.23. The highest BCUT2D eigenvalue weighted by Crippen LogP contribution is 2.12. The summed E-state index contributed by atoms with van der Waals surface area (Å²) in [4.78, 5) is 10.6. The Hall–Kier alpha value is -0.810. The number of carboxylic acid groups (broad SMARTS) is 1. The van der Waals surface area contributed by atoms with E-state index in [1.807, 2.05) is 0 Å². The lowest BCUT2D eigenvalue weighted by Gasteiger charge is -2.36. The minimum Gasteiger partial charge on any atom is -0.465 e. The van der Waals surface area contributed by atoms with Crippen LogP contribution in [0.2, 0.25) is 0 Å². The van der Waals surface area contributed by atoms with Crippen molar-refractivity contribution in [1.82, 2.24) is 10.6 Å². The predicted molar refractivity (Wildman–Crippen MR) is 57.1 cm³/mol. The van der Waals surface area contributed by atoms with Crippen molar-refractivity contribution < 1.29 is 14.6 Å². The van der Waals surface area contributed by atoms with Gasteiger partial charge < -0.3 is 20.5 Å². The Balaban J connectivity index is 2.53. The van der Waals surface area contributed by atoms with Gasteiger partial charge in [-0.2, -0.15) is 0 Å². The van der Waals surface area contributed by atoms with Gasteiger partial charge in [-0.15, -0.1) is 0 Å². The van der Waals surface area contributed by atoms with Crippen LogP contribution in [0, 0.1) is 0 Å². The van der Waals surface area contributed by atoms with Crippen LogP contribution in [0.15, 0.2) is 0 Å². The van der Waals surface area contributed by atoms with Crippen LogP contribution in [0.4, 0.5) is 4.79 Å². The number of hydrogen-bond donors (Lipinski definition) is 3. The van der Waals surface area contributed by atoms with E-state index < -0.39 is 6.09 Å². The molecule has 88 valence electrons. The van der Waals surface area contributed by atoms with E-state index in [0.29, 0.717) is 13.2 Å². The second kappa shape index (κ2) is 4.81. The minimum absolute atomic E-state index is 0.0135. The van der Waals surface area contributed by atoms with Gasteiger partial charge in [-0.3, -0.25) is 0 Å². The molecule has 5 nitrogen and oxygen atoms in total. The van der Waals surface area contributed by atoms with Crippen molar-refractivity contribution in [3.05, 3.63) is 0 Å². The summed E-state index contributed by atoms with van der Waals surface area (Å²) < 4.78 is 5.26. The van der Waals surface area contributed by atoms with Crippen LogP contribution in [0.1, 0.15) is 27.2 Å². The van der Waals surface area contributed by atoms with E-state index in [2.05, 4.69) is 31.4 Å². The molecule has 1 fully saturated rings. The average Bonchev–Trinajstić information content (AvgIpc) is 2.05. The molecule has 0 aliphatic carbocycles. The molecule has 0 aromatic heterocycles. The summed E-state index contributed by atoms with van der Waals surface area (Å²) in [5.74, 6) is 0. The Morgan fingerprint density at radius 1 is 1.40 bits per heavy atom.